The molecule has 0 bridgehead atoms. The minimum Gasteiger partial charge on any atom is -0.492 e. The highest BCUT2D eigenvalue weighted by Gasteiger charge is 2.15. The Hall–Kier alpha value is -2.01. The zero-order valence-corrected chi connectivity index (χ0v) is 11.9. The van der Waals surface area contributed by atoms with Gasteiger partial charge in [-0.2, -0.15) is 0 Å². The van der Waals surface area contributed by atoms with Crippen LogP contribution in [-0.4, -0.2) is 28.1 Å². The largest absolute Gasteiger partial charge is 0.492 e. The van der Waals surface area contributed by atoms with E-state index in [2.05, 4.69) is 27.2 Å². The first-order chi connectivity index (χ1) is 9.85. The summed E-state index contributed by atoms with van der Waals surface area (Å²) in [5.41, 5.74) is 2.08. The third-order valence-electron chi connectivity index (χ3n) is 2.89. The maximum Gasteiger partial charge on any atom is 0.137 e. The maximum absolute atomic E-state index is 5.52. The molecule has 5 nitrogen and oxygen atoms in total. The first-order valence-electron chi connectivity index (χ1n) is 6.91. The Labute approximate surface area is 119 Å². The van der Waals surface area contributed by atoms with Crippen LogP contribution in [0.4, 0.5) is 0 Å². The highest BCUT2D eigenvalue weighted by atomic mass is 16.5. The van der Waals surface area contributed by atoms with E-state index in [1.165, 1.54) is 6.33 Å². The Morgan fingerprint density at radius 1 is 1.05 bits per heavy atom. The summed E-state index contributed by atoms with van der Waals surface area (Å²) < 4.78 is 5.52. The van der Waals surface area contributed by atoms with Gasteiger partial charge in [-0.05, 0) is 31.5 Å². The third-order valence-corrected chi connectivity index (χ3v) is 2.89. The van der Waals surface area contributed by atoms with E-state index in [0.717, 1.165) is 29.8 Å². The molecular weight excluding hydrogens is 252 g/mol. The van der Waals surface area contributed by atoms with E-state index in [1.807, 2.05) is 31.6 Å². The second-order valence-corrected chi connectivity index (χ2v) is 4.45. The van der Waals surface area contributed by atoms with Crippen LogP contribution in [0.5, 0.6) is 5.75 Å². The fourth-order valence-corrected chi connectivity index (χ4v) is 2.02. The van der Waals surface area contributed by atoms with Crippen molar-refractivity contribution in [2.45, 2.75) is 26.3 Å². The first-order valence-corrected chi connectivity index (χ1v) is 6.91. The van der Waals surface area contributed by atoms with Crippen molar-refractivity contribution in [2.24, 2.45) is 0 Å². The Morgan fingerprint density at radius 2 is 1.80 bits per heavy atom. The smallest absolute Gasteiger partial charge is 0.137 e. The quantitative estimate of drug-likeness (QED) is 0.838. The van der Waals surface area contributed by atoms with Crippen molar-refractivity contribution >= 4 is 0 Å². The Morgan fingerprint density at radius 3 is 2.50 bits per heavy atom. The lowest BCUT2D eigenvalue weighted by Gasteiger charge is -2.19. The lowest BCUT2D eigenvalue weighted by molar-refractivity contribution is 0.338. The average Bonchev–Trinajstić information content (AvgIpc) is 2.50. The second kappa shape index (κ2) is 7.55. The summed E-state index contributed by atoms with van der Waals surface area (Å²) >= 11 is 0. The van der Waals surface area contributed by atoms with E-state index < -0.39 is 0 Å². The molecule has 0 amide bonds. The molecule has 0 spiro atoms. The van der Waals surface area contributed by atoms with Crippen molar-refractivity contribution in [3.05, 3.63) is 48.3 Å². The summed E-state index contributed by atoms with van der Waals surface area (Å²) in [6.07, 6.45) is 9.83. The van der Waals surface area contributed by atoms with Crippen molar-refractivity contribution < 1.29 is 4.74 Å². The van der Waals surface area contributed by atoms with Crippen molar-refractivity contribution in [3.8, 4) is 5.75 Å². The van der Waals surface area contributed by atoms with E-state index in [0.29, 0.717) is 6.61 Å². The highest BCUT2D eigenvalue weighted by Crippen LogP contribution is 2.23. The maximum atomic E-state index is 5.52. The van der Waals surface area contributed by atoms with Gasteiger partial charge < -0.3 is 10.1 Å². The van der Waals surface area contributed by atoms with E-state index >= 15 is 0 Å². The molecule has 106 valence electrons. The number of aromatic nitrogens is 3. The SMILES string of the molecule is CCCNC(c1cncnc1)c1cncc(OCC)c1. The summed E-state index contributed by atoms with van der Waals surface area (Å²) in [4.78, 5) is 12.4. The Balaban J connectivity index is 2.28. The molecule has 0 fully saturated rings. The minimum absolute atomic E-state index is 0.0315. The molecule has 2 heterocycles. The summed E-state index contributed by atoms with van der Waals surface area (Å²) in [6.45, 7) is 5.65. The molecule has 1 unspecified atom stereocenters. The molecule has 0 aliphatic carbocycles. The van der Waals surface area contributed by atoms with Crippen LogP contribution < -0.4 is 10.1 Å². The van der Waals surface area contributed by atoms with Gasteiger partial charge in [0.15, 0.2) is 0 Å². The standard InChI is InChI=1S/C15H20N4O/c1-3-5-19-15(13-8-17-11-18-9-13)12-6-14(20-4-2)10-16-7-12/h6-11,15,19H,3-5H2,1-2H3. The second-order valence-electron chi connectivity index (χ2n) is 4.45. The van der Waals surface area contributed by atoms with Crippen LogP contribution in [0.25, 0.3) is 0 Å². The van der Waals surface area contributed by atoms with Crippen molar-refractivity contribution in [1.82, 2.24) is 20.3 Å². The van der Waals surface area contributed by atoms with Crippen LogP contribution in [0.15, 0.2) is 37.2 Å². The number of hydrogen-bond acceptors (Lipinski definition) is 5. The van der Waals surface area contributed by atoms with Gasteiger partial charge >= 0.3 is 0 Å². The fourth-order valence-electron chi connectivity index (χ4n) is 2.02. The molecule has 0 aliphatic rings. The van der Waals surface area contributed by atoms with Gasteiger partial charge in [0.25, 0.3) is 0 Å². The molecule has 5 heteroatoms. The number of nitrogens with zero attached hydrogens (tertiary/aromatic N) is 3. The number of ether oxygens (including phenoxy) is 1. The van der Waals surface area contributed by atoms with E-state index in [9.17, 15) is 0 Å². The Bertz CT molecular complexity index is 518. The van der Waals surface area contributed by atoms with Crippen molar-refractivity contribution in [2.75, 3.05) is 13.2 Å². The van der Waals surface area contributed by atoms with E-state index in [4.69, 9.17) is 4.74 Å². The summed E-state index contributed by atoms with van der Waals surface area (Å²) in [5, 5.41) is 3.50. The molecule has 0 saturated carbocycles. The highest BCUT2D eigenvalue weighted by molar-refractivity contribution is 5.32. The molecule has 20 heavy (non-hydrogen) atoms. The van der Waals surface area contributed by atoms with Gasteiger partial charge in [-0.1, -0.05) is 6.92 Å². The van der Waals surface area contributed by atoms with Crippen molar-refractivity contribution in [1.29, 1.82) is 0 Å². The zero-order chi connectivity index (χ0) is 14.2. The Kier molecular flexibility index (Phi) is 5.43. The predicted octanol–water partition coefficient (Wildman–Crippen LogP) is 2.36. The normalized spacial score (nSPS) is 12.1. The van der Waals surface area contributed by atoms with Crippen molar-refractivity contribution in [3.63, 3.8) is 0 Å². The molecular formula is C15H20N4O. The van der Waals surface area contributed by atoms with Crippen LogP contribution in [0.1, 0.15) is 37.4 Å². The van der Waals surface area contributed by atoms with Gasteiger partial charge in [0.05, 0.1) is 18.8 Å². The summed E-state index contributed by atoms with van der Waals surface area (Å²) in [5.74, 6) is 0.783. The van der Waals surface area contributed by atoms with Gasteiger partial charge in [-0.25, -0.2) is 9.97 Å². The number of hydrogen-bond donors (Lipinski definition) is 1. The number of nitrogens with one attached hydrogen (secondary N) is 1. The van der Waals surface area contributed by atoms with Gasteiger partial charge in [-0.3, -0.25) is 4.98 Å². The molecule has 0 saturated heterocycles. The van der Waals surface area contributed by atoms with Crippen LogP contribution in [0.3, 0.4) is 0 Å². The monoisotopic (exact) mass is 272 g/mol. The molecule has 0 aliphatic heterocycles. The molecule has 2 aromatic heterocycles. The first kappa shape index (κ1) is 14.4. The van der Waals surface area contributed by atoms with E-state index in [1.54, 1.807) is 6.20 Å². The van der Waals surface area contributed by atoms with Crippen LogP contribution in [-0.2, 0) is 0 Å². The van der Waals surface area contributed by atoms with E-state index in [-0.39, 0.29) is 6.04 Å². The fraction of sp³-hybridized carbons (Fsp3) is 0.400. The predicted molar refractivity (Wildman–Crippen MR) is 77.6 cm³/mol. The lowest BCUT2D eigenvalue weighted by atomic mass is 10.0. The van der Waals surface area contributed by atoms with Crippen LogP contribution in [0, 0.1) is 0 Å². The molecule has 2 rings (SSSR count). The summed E-state index contributed by atoms with van der Waals surface area (Å²) in [6, 6.07) is 2.04. The molecule has 0 radical (unpaired) electrons. The third kappa shape index (κ3) is 3.74. The topological polar surface area (TPSA) is 59.9 Å². The average molecular weight is 272 g/mol. The zero-order valence-electron chi connectivity index (χ0n) is 11.9. The van der Waals surface area contributed by atoms with Crippen LogP contribution in [0.2, 0.25) is 0 Å². The molecule has 0 aromatic carbocycles. The molecule has 2 aromatic rings. The number of rotatable bonds is 7. The molecule has 1 atom stereocenters. The van der Waals surface area contributed by atoms with Gasteiger partial charge in [0, 0.05) is 24.2 Å². The van der Waals surface area contributed by atoms with Gasteiger partial charge in [0.1, 0.15) is 12.1 Å². The van der Waals surface area contributed by atoms with Crippen LogP contribution >= 0.6 is 0 Å². The summed E-state index contributed by atoms with van der Waals surface area (Å²) in [7, 11) is 0. The molecule has 1 N–H and O–H groups in total. The van der Waals surface area contributed by atoms with Gasteiger partial charge in [0.2, 0.25) is 0 Å². The number of pyridine rings is 1. The lowest BCUT2D eigenvalue weighted by Crippen LogP contribution is -2.23. The minimum atomic E-state index is 0.0315. The van der Waals surface area contributed by atoms with Gasteiger partial charge in [-0.15, -0.1) is 0 Å².